The van der Waals surface area contributed by atoms with Crippen LogP contribution in [0.3, 0.4) is 0 Å². The molecule has 25 heavy (non-hydrogen) atoms. The molecule has 2 heterocycles. The predicted octanol–water partition coefficient (Wildman–Crippen LogP) is 3.04. The molecule has 1 aliphatic heterocycles. The van der Waals surface area contributed by atoms with Crippen molar-refractivity contribution in [2.24, 2.45) is 4.99 Å². The molecule has 0 fully saturated rings. The lowest BCUT2D eigenvalue weighted by atomic mass is 10.0. The smallest absolute Gasteiger partial charge is 0.348 e. The molecule has 0 unspecified atom stereocenters. The van der Waals surface area contributed by atoms with Crippen LogP contribution in [0.25, 0.3) is 0 Å². The van der Waals surface area contributed by atoms with Crippen LogP contribution in [0, 0.1) is 6.92 Å². The zero-order valence-corrected chi connectivity index (χ0v) is 14.8. The molecule has 7 heteroatoms. The SMILES string of the molecule is COc1cc([C@@H]2CC(c3c(O)cc(C)oc3=O)=NCCS2)ccc1O. The van der Waals surface area contributed by atoms with Crippen molar-refractivity contribution >= 4 is 17.5 Å². The Morgan fingerprint density at radius 3 is 2.80 bits per heavy atom. The molecule has 1 aliphatic rings. The Balaban J connectivity index is 1.96. The van der Waals surface area contributed by atoms with Gasteiger partial charge in [-0.15, -0.1) is 0 Å². The van der Waals surface area contributed by atoms with Gasteiger partial charge in [-0.3, -0.25) is 4.99 Å². The molecule has 0 spiro atoms. The molecule has 0 saturated carbocycles. The number of rotatable bonds is 3. The first-order valence-corrected chi connectivity index (χ1v) is 8.90. The Kier molecular flexibility index (Phi) is 5.03. The molecular formula is C18H19NO5S. The summed E-state index contributed by atoms with van der Waals surface area (Å²) in [7, 11) is 1.50. The van der Waals surface area contributed by atoms with Crippen LogP contribution < -0.4 is 10.4 Å². The number of aromatic hydroxyl groups is 2. The fraction of sp³-hybridized carbons (Fsp3) is 0.333. The number of hydrogen-bond donors (Lipinski definition) is 2. The maximum atomic E-state index is 12.2. The minimum atomic E-state index is -0.579. The van der Waals surface area contributed by atoms with Gasteiger partial charge in [0.05, 0.1) is 12.8 Å². The maximum absolute atomic E-state index is 12.2. The van der Waals surface area contributed by atoms with Gasteiger partial charge in [-0.05, 0) is 24.6 Å². The lowest BCUT2D eigenvalue weighted by Crippen LogP contribution is -2.17. The summed E-state index contributed by atoms with van der Waals surface area (Å²) < 4.78 is 10.3. The number of nitrogens with zero attached hydrogens (tertiary/aromatic N) is 1. The van der Waals surface area contributed by atoms with E-state index >= 15 is 0 Å². The third kappa shape index (κ3) is 3.66. The molecule has 0 saturated heterocycles. The highest BCUT2D eigenvalue weighted by Crippen LogP contribution is 2.39. The van der Waals surface area contributed by atoms with Crippen LogP contribution in [0.4, 0.5) is 0 Å². The average molecular weight is 361 g/mol. The van der Waals surface area contributed by atoms with Crippen molar-refractivity contribution in [2.75, 3.05) is 19.4 Å². The van der Waals surface area contributed by atoms with Crippen molar-refractivity contribution in [3.8, 4) is 17.2 Å². The molecule has 0 aliphatic carbocycles. The van der Waals surface area contributed by atoms with Gasteiger partial charge in [0.2, 0.25) is 0 Å². The molecule has 1 aromatic carbocycles. The minimum Gasteiger partial charge on any atom is -0.507 e. The van der Waals surface area contributed by atoms with Gasteiger partial charge >= 0.3 is 5.63 Å². The number of phenols is 1. The van der Waals surface area contributed by atoms with Crippen LogP contribution in [0.2, 0.25) is 0 Å². The molecule has 6 nitrogen and oxygen atoms in total. The predicted molar refractivity (Wildman–Crippen MR) is 97.3 cm³/mol. The van der Waals surface area contributed by atoms with Crippen LogP contribution in [-0.4, -0.2) is 35.3 Å². The van der Waals surface area contributed by atoms with Crippen LogP contribution in [0.5, 0.6) is 17.2 Å². The normalized spacial score (nSPS) is 17.7. The van der Waals surface area contributed by atoms with Crippen LogP contribution in [0.15, 0.2) is 38.5 Å². The van der Waals surface area contributed by atoms with E-state index < -0.39 is 5.63 Å². The molecule has 1 aromatic heterocycles. The van der Waals surface area contributed by atoms with Crippen LogP contribution in [-0.2, 0) is 0 Å². The Morgan fingerprint density at radius 2 is 2.08 bits per heavy atom. The fourth-order valence-corrected chi connectivity index (χ4v) is 3.92. The molecular weight excluding hydrogens is 342 g/mol. The largest absolute Gasteiger partial charge is 0.507 e. The topological polar surface area (TPSA) is 92.3 Å². The monoisotopic (exact) mass is 361 g/mol. The summed E-state index contributed by atoms with van der Waals surface area (Å²) in [4.78, 5) is 16.7. The van der Waals surface area contributed by atoms with E-state index in [2.05, 4.69) is 4.99 Å². The molecule has 0 amide bonds. The Morgan fingerprint density at radius 1 is 1.28 bits per heavy atom. The van der Waals surface area contributed by atoms with Crippen molar-refractivity contribution in [1.29, 1.82) is 0 Å². The van der Waals surface area contributed by atoms with Crippen LogP contribution >= 0.6 is 11.8 Å². The Hall–Kier alpha value is -2.41. The Labute approximate surface area is 149 Å². The van der Waals surface area contributed by atoms with Gasteiger partial charge in [0, 0.05) is 30.0 Å². The maximum Gasteiger partial charge on any atom is 0.348 e. The number of benzene rings is 1. The molecule has 0 radical (unpaired) electrons. The summed E-state index contributed by atoms with van der Waals surface area (Å²) >= 11 is 1.71. The number of aryl methyl sites for hydroxylation is 1. The second kappa shape index (κ2) is 7.23. The summed E-state index contributed by atoms with van der Waals surface area (Å²) in [6.45, 7) is 2.17. The first-order valence-electron chi connectivity index (χ1n) is 7.85. The summed E-state index contributed by atoms with van der Waals surface area (Å²) in [5, 5.41) is 20.0. The number of phenolic OH excluding ortho intramolecular Hbond substituents is 1. The van der Waals surface area contributed by atoms with E-state index in [0.29, 0.717) is 30.2 Å². The van der Waals surface area contributed by atoms with Crippen molar-refractivity contribution in [3.05, 3.63) is 51.6 Å². The minimum absolute atomic E-state index is 0.0239. The van der Waals surface area contributed by atoms with Crippen molar-refractivity contribution in [3.63, 3.8) is 0 Å². The molecule has 1 atom stereocenters. The molecule has 2 aromatic rings. The highest BCUT2D eigenvalue weighted by Gasteiger charge is 2.24. The lowest BCUT2D eigenvalue weighted by Gasteiger charge is -2.17. The first kappa shape index (κ1) is 17.4. The zero-order chi connectivity index (χ0) is 18.0. The van der Waals surface area contributed by atoms with Crippen LogP contribution in [0.1, 0.15) is 28.6 Å². The number of thioether (sulfide) groups is 1. The average Bonchev–Trinajstić information content (AvgIpc) is 2.80. The third-order valence-corrected chi connectivity index (χ3v) is 5.27. The van der Waals surface area contributed by atoms with E-state index in [-0.39, 0.29) is 22.3 Å². The molecule has 132 valence electrons. The lowest BCUT2D eigenvalue weighted by molar-refractivity contribution is 0.373. The molecule has 0 bridgehead atoms. The first-order chi connectivity index (χ1) is 12.0. The van der Waals surface area contributed by atoms with Gasteiger partial charge in [-0.25, -0.2) is 4.79 Å². The third-order valence-electron chi connectivity index (χ3n) is 4.01. The fourth-order valence-electron chi connectivity index (χ4n) is 2.83. The van der Waals surface area contributed by atoms with Gasteiger partial charge in [0.1, 0.15) is 17.1 Å². The van der Waals surface area contributed by atoms with E-state index in [1.54, 1.807) is 30.8 Å². The standard InChI is InChI=1S/C18H19NO5S/c1-10-7-14(21)17(18(22)24-10)12-9-16(25-6-5-19-12)11-3-4-13(20)15(8-11)23-2/h3-4,7-8,16,20-21H,5-6,9H2,1-2H3/t16-/m0/s1. The van der Waals surface area contributed by atoms with Crippen molar-refractivity contribution in [2.45, 2.75) is 18.6 Å². The molecule has 2 N–H and O–H groups in total. The second-order valence-corrected chi connectivity index (χ2v) is 7.04. The van der Waals surface area contributed by atoms with E-state index in [0.717, 1.165) is 11.3 Å². The highest BCUT2D eigenvalue weighted by atomic mass is 32.2. The summed E-state index contributed by atoms with van der Waals surface area (Å²) in [6.07, 6.45) is 0.472. The second-order valence-electron chi connectivity index (χ2n) is 5.73. The summed E-state index contributed by atoms with van der Waals surface area (Å²) in [5.74, 6) is 1.51. The number of ether oxygens (including phenoxy) is 1. The van der Waals surface area contributed by atoms with Crippen molar-refractivity contribution in [1.82, 2.24) is 0 Å². The van der Waals surface area contributed by atoms with Gasteiger partial charge in [0.25, 0.3) is 0 Å². The van der Waals surface area contributed by atoms with E-state index in [9.17, 15) is 15.0 Å². The highest BCUT2D eigenvalue weighted by molar-refractivity contribution is 7.99. The summed E-state index contributed by atoms with van der Waals surface area (Å²) in [6, 6.07) is 6.63. The van der Waals surface area contributed by atoms with Gasteiger partial charge in [-0.2, -0.15) is 11.8 Å². The van der Waals surface area contributed by atoms with E-state index in [1.165, 1.54) is 13.2 Å². The Bertz CT molecular complexity index is 874. The van der Waals surface area contributed by atoms with Crippen molar-refractivity contribution < 1.29 is 19.4 Å². The quantitative estimate of drug-likeness (QED) is 0.873. The number of methoxy groups -OCH3 is 1. The van der Waals surface area contributed by atoms with Gasteiger partial charge in [-0.1, -0.05) is 6.07 Å². The van der Waals surface area contributed by atoms with Gasteiger partial charge in [0.15, 0.2) is 11.5 Å². The van der Waals surface area contributed by atoms with E-state index in [1.807, 2.05) is 6.07 Å². The number of aliphatic imine (C=N–C) groups is 1. The zero-order valence-electron chi connectivity index (χ0n) is 14.0. The summed E-state index contributed by atoms with van der Waals surface area (Å²) in [5.41, 5.74) is 1.05. The van der Waals surface area contributed by atoms with Gasteiger partial charge < -0.3 is 19.4 Å². The van der Waals surface area contributed by atoms with E-state index in [4.69, 9.17) is 9.15 Å². The molecule has 3 rings (SSSR count). The number of hydrogen-bond acceptors (Lipinski definition) is 7.